The Bertz CT molecular complexity index is 730. The molecular weight excluding hydrogens is 288 g/mol. The highest BCUT2D eigenvalue weighted by Gasteiger charge is 2.11. The van der Waals surface area contributed by atoms with Crippen molar-refractivity contribution in [2.45, 2.75) is 12.8 Å². The van der Waals surface area contributed by atoms with Gasteiger partial charge in [0.05, 0.1) is 12.5 Å². The third-order valence-electron chi connectivity index (χ3n) is 3.02. The molecule has 3 rings (SSSR count). The van der Waals surface area contributed by atoms with Gasteiger partial charge in [-0.25, -0.2) is 9.97 Å². The predicted octanol–water partition coefficient (Wildman–Crippen LogP) is 2.71. The second-order valence-corrected chi connectivity index (χ2v) is 5.44. The number of anilines is 1. The van der Waals surface area contributed by atoms with Gasteiger partial charge in [0.1, 0.15) is 5.69 Å². The van der Waals surface area contributed by atoms with E-state index in [-0.39, 0.29) is 5.91 Å². The highest BCUT2D eigenvalue weighted by molar-refractivity contribution is 7.14. The Morgan fingerprint density at radius 2 is 2.43 bits per heavy atom. The van der Waals surface area contributed by atoms with E-state index in [0.717, 1.165) is 17.1 Å². The average molecular weight is 302 g/mol. The molecule has 3 aromatic rings. The summed E-state index contributed by atoms with van der Waals surface area (Å²) in [5, 5.41) is 5.28. The fourth-order valence-corrected chi connectivity index (χ4v) is 2.63. The second kappa shape index (κ2) is 5.92. The predicted molar refractivity (Wildman–Crippen MR) is 80.0 cm³/mol. The van der Waals surface area contributed by atoms with E-state index in [1.165, 1.54) is 11.3 Å². The number of aryl methyl sites for hydroxylation is 2. The van der Waals surface area contributed by atoms with Gasteiger partial charge in [0.2, 0.25) is 5.91 Å². The maximum absolute atomic E-state index is 11.9. The minimum atomic E-state index is -0.0584. The second-order valence-electron chi connectivity index (χ2n) is 4.58. The SMILES string of the molecule is Cn1ccnc1-c1csc(NC(=O)CCc2ccoc2)n1. The standard InChI is InChI=1S/C14H14N4O2S/c1-18-6-5-15-13(18)11-9-21-14(16-11)17-12(19)3-2-10-4-7-20-8-10/h4-9H,2-3H2,1H3,(H,16,17,19). The summed E-state index contributed by atoms with van der Waals surface area (Å²) in [6.07, 6.45) is 7.88. The van der Waals surface area contributed by atoms with Crippen LogP contribution in [0.3, 0.4) is 0 Å². The Morgan fingerprint density at radius 3 is 3.14 bits per heavy atom. The Hall–Kier alpha value is -2.41. The van der Waals surface area contributed by atoms with Gasteiger partial charge in [-0.1, -0.05) is 0 Å². The van der Waals surface area contributed by atoms with Gasteiger partial charge in [-0.15, -0.1) is 11.3 Å². The van der Waals surface area contributed by atoms with E-state index < -0.39 is 0 Å². The van der Waals surface area contributed by atoms with E-state index in [1.54, 1.807) is 18.7 Å². The van der Waals surface area contributed by atoms with Gasteiger partial charge in [0.15, 0.2) is 11.0 Å². The zero-order valence-corrected chi connectivity index (χ0v) is 12.3. The molecule has 0 fully saturated rings. The summed E-state index contributed by atoms with van der Waals surface area (Å²) in [5.74, 6) is 0.724. The molecule has 0 aromatic carbocycles. The Morgan fingerprint density at radius 1 is 1.52 bits per heavy atom. The number of carbonyl (C=O) groups excluding carboxylic acids is 1. The van der Waals surface area contributed by atoms with Crippen LogP contribution in [0.2, 0.25) is 0 Å². The van der Waals surface area contributed by atoms with Gasteiger partial charge in [-0.2, -0.15) is 0 Å². The molecule has 0 aliphatic heterocycles. The third kappa shape index (κ3) is 3.19. The molecule has 3 heterocycles. The monoisotopic (exact) mass is 302 g/mol. The summed E-state index contributed by atoms with van der Waals surface area (Å²) >= 11 is 1.39. The van der Waals surface area contributed by atoms with E-state index in [2.05, 4.69) is 15.3 Å². The quantitative estimate of drug-likeness (QED) is 0.786. The fourth-order valence-electron chi connectivity index (χ4n) is 1.92. The number of carbonyl (C=O) groups is 1. The molecule has 108 valence electrons. The smallest absolute Gasteiger partial charge is 0.226 e. The molecular formula is C14H14N4O2S. The van der Waals surface area contributed by atoms with Crippen LogP contribution in [0.25, 0.3) is 11.5 Å². The lowest BCUT2D eigenvalue weighted by Crippen LogP contribution is -2.12. The first-order valence-electron chi connectivity index (χ1n) is 6.46. The van der Waals surface area contributed by atoms with Crippen molar-refractivity contribution in [2.24, 2.45) is 7.05 Å². The number of hydrogen-bond donors (Lipinski definition) is 1. The normalized spacial score (nSPS) is 10.7. The van der Waals surface area contributed by atoms with Crippen LogP contribution in [0.4, 0.5) is 5.13 Å². The van der Waals surface area contributed by atoms with Crippen molar-refractivity contribution < 1.29 is 9.21 Å². The molecule has 0 radical (unpaired) electrons. The van der Waals surface area contributed by atoms with Crippen molar-refractivity contribution in [3.05, 3.63) is 41.9 Å². The summed E-state index contributed by atoms with van der Waals surface area (Å²) < 4.78 is 6.86. The van der Waals surface area contributed by atoms with E-state index in [9.17, 15) is 4.79 Å². The molecule has 0 unspecified atom stereocenters. The molecule has 0 saturated heterocycles. The Balaban J connectivity index is 1.59. The average Bonchev–Trinajstić information content (AvgIpc) is 3.17. The van der Waals surface area contributed by atoms with Crippen molar-refractivity contribution in [3.8, 4) is 11.5 Å². The van der Waals surface area contributed by atoms with Crippen molar-refractivity contribution in [1.29, 1.82) is 0 Å². The summed E-state index contributed by atoms with van der Waals surface area (Å²) in [4.78, 5) is 20.5. The minimum Gasteiger partial charge on any atom is -0.472 e. The minimum absolute atomic E-state index is 0.0584. The van der Waals surface area contributed by atoms with Crippen LogP contribution in [0.5, 0.6) is 0 Å². The summed E-state index contributed by atoms with van der Waals surface area (Å²) in [7, 11) is 1.91. The molecule has 1 N–H and O–H groups in total. The van der Waals surface area contributed by atoms with Crippen molar-refractivity contribution in [3.63, 3.8) is 0 Å². The summed E-state index contributed by atoms with van der Waals surface area (Å²) in [6.45, 7) is 0. The maximum Gasteiger partial charge on any atom is 0.226 e. The van der Waals surface area contributed by atoms with Crippen LogP contribution in [0, 0.1) is 0 Å². The number of hydrogen-bond acceptors (Lipinski definition) is 5. The van der Waals surface area contributed by atoms with E-state index >= 15 is 0 Å². The van der Waals surface area contributed by atoms with Gasteiger partial charge >= 0.3 is 0 Å². The molecule has 6 nitrogen and oxygen atoms in total. The fraction of sp³-hybridized carbons (Fsp3) is 0.214. The lowest BCUT2D eigenvalue weighted by Gasteiger charge is -2.00. The van der Waals surface area contributed by atoms with Gasteiger partial charge in [0.25, 0.3) is 0 Å². The summed E-state index contributed by atoms with van der Waals surface area (Å²) in [5.41, 5.74) is 1.77. The van der Waals surface area contributed by atoms with E-state index in [1.807, 2.05) is 29.3 Å². The molecule has 1 amide bonds. The number of furan rings is 1. The van der Waals surface area contributed by atoms with Crippen LogP contribution in [0.1, 0.15) is 12.0 Å². The highest BCUT2D eigenvalue weighted by atomic mass is 32.1. The molecule has 3 aromatic heterocycles. The maximum atomic E-state index is 11.9. The van der Waals surface area contributed by atoms with Crippen molar-refractivity contribution in [1.82, 2.24) is 14.5 Å². The van der Waals surface area contributed by atoms with Gasteiger partial charge in [-0.05, 0) is 18.1 Å². The number of thiazole rings is 1. The molecule has 0 aliphatic carbocycles. The van der Waals surface area contributed by atoms with Gasteiger partial charge < -0.3 is 14.3 Å². The molecule has 7 heteroatoms. The van der Waals surface area contributed by atoms with Crippen LogP contribution >= 0.6 is 11.3 Å². The molecule has 21 heavy (non-hydrogen) atoms. The van der Waals surface area contributed by atoms with Crippen LogP contribution in [-0.2, 0) is 18.3 Å². The first-order chi connectivity index (χ1) is 10.2. The van der Waals surface area contributed by atoms with Gasteiger partial charge in [-0.3, -0.25) is 4.79 Å². The molecule has 0 spiro atoms. The van der Waals surface area contributed by atoms with Crippen molar-refractivity contribution in [2.75, 3.05) is 5.32 Å². The largest absolute Gasteiger partial charge is 0.472 e. The zero-order chi connectivity index (χ0) is 14.7. The van der Waals surface area contributed by atoms with E-state index in [4.69, 9.17) is 4.42 Å². The number of nitrogens with zero attached hydrogens (tertiary/aromatic N) is 3. The molecule has 0 aliphatic rings. The number of rotatable bonds is 5. The summed E-state index contributed by atoms with van der Waals surface area (Å²) in [6, 6.07) is 1.86. The number of nitrogens with one attached hydrogen (secondary N) is 1. The lowest BCUT2D eigenvalue weighted by atomic mass is 10.2. The van der Waals surface area contributed by atoms with Crippen LogP contribution in [0.15, 0.2) is 40.8 Å². The topological polar surface area (TPSA) is 73.0 Å². The van der Waals surface area contributed by atoms with Gasteiger partial charge in [0, 0.05) is 31.2 Å². The Labute approximate surface area is 125 Å². The zero-order valence-electron chi connectivity index (χ0n) is 11.4. The van der Waals surface area contributed by atoms with Crippen LogP contribution < -0.4 is 5.32 Å². The van der Waals surface area contributed by atoms with E-state index in [0.29, 0.717) is 18.0 Å². The lowest BCUT2D eigenvalue weighted by molar-refractivity contribution is -0.116. The third-order valence-corrected chi connectivity index (χ3v) is 3.78. The molecule has 0 saturated carbocycles. The van der Waals surface area contributed by atoms with Crippen molar-refractivity contribution >= 4 is 22.4 Å². The number of aromatic nitrogens is 3. The first-order valence-corrected chi connectivity index (χ1v) is 7.34. The highest BCUT2D eigenvalue weighted by Crippen LogP contribution is 2.23. The van der Waals surface area contributed by atoms with Crippen LogP contribution in [-0.4, -0.2) is 20.4 Å². The number of amides is 1. The molecule has 0 atom stereocenters. The first kappa shape index (κ1) is 13.6. The number of imidazole rings is 1. The Kier molecular flexibility index (Phi) is 3.83. The molecule has 0 bridgehead atoms.